The van der Waals surface area contributed by atoms with Crippen LogP contribution in [0, 0.1) is 5.92 Å². The number of anilines is 1. The molecule has 0 bridgehead atoms. The second-order valence-corrected chi connectivity index (χ2v) is 6.97. The standard InChI is InChI=1S/C16H20N4O2S/c1-19(2)16(22)20-9-5-6-11(10-20)14(21)18-15-17-12-7-3-4-8-13(12)23-15/h3-4,7-8,11H,5-6,9-10H2,1-2H3,(H,17,18,21). The van der Waals surface area contributed by atoms with Gasteiger partial charge in [0.2, 0.25) is 5.91 Å². The number of piperidine rings is 1. The first-order chi connectivity index (χ1) is 11.0. The number of fused-ring (bicyclic) bond motifs is 1. The Balaban J connectivity index is 1.66. The maximum atomic E-state index is 12.5. The molecule has 1 aliphatic rings. The number of amides is 3. The van der Waals surface area contributed by atoms with Gasteiger partial charge in [0.05, 0.1) is 16.1 Å². The molecule has 3 rings (SSSR count). The third-order valence-electron chi connectivity index (χ3n) is 3.97. The van der Waals surface area contributed by atoms with E-state index >= 15 is 0 Å². The van der Waals surface area contributed by atoms with Crippen molar-refractivity contribution in [1.29, 1.82) is 0 Å². The van der Waals surface area contributed by atoms with Crippen molar-refractivity contribution >= 4 is 38.6 Å². The molecule has 7 heteroatoms. The van der Waals surface area contributed by atoms with Crippen LogP contribution in [0.15, 0.2) is 24.3 Å². The molecule has 1 unspecified atom stereocenters. The molecule has 0 aliphatic carbocycles. The Morgan fingerprint density at radius 3 is 2.87 bits per heavy atom. The molecule has 6 nitrogen and oxygen atoms in total. The van der Waals surface area contributed by atoms with E-state index in [1.54, 1.807) is 23.9 Å². The van der Waals surface area contributed by atoms with Gasteiger partial charge in [-0.15, -0.1) is 0 Å². The van der Waals surface area contributed by atoms with Crippen LogP contribution in [0.25, 0.3) is 10.2 Å². The Labute approximate surface area is 139 Å². The van der Waals surface area contributed by atoms with E-state index in [0.717, 1.165) is 23.1 Å². The fraction of sp³-hybridized carbons (Fsp3) is 0.438. The number of carbonyl (C=O) groups is 2. The predicted octanol–water partition coefficient (Wildman–Crippen LogP) is 2.63. The zero-order chi connectivity index (χ0) is 16.4. The summed E-state index contributed by atoms with van der Waals surface area (Å²) in [6, 6.07) is 7.76. The van der Waals surface area contributed by atoms with Crippen LogP contribution in [-0.2, 0) is 4.79 Å². The van der Waals surface area contributed by atoms with Gasteiger partial charge < -0.3 is 15.1 Å². The van der Waals surface area contributed by atoms with Crippen LogP contribution < -0.4 is 5.32 Å². The number of aromatic nitrogens is 1. The van der Waals surface area contributed by atoms with Crippen LogP contribution in [0.2, 0.25) is 0 Å². The van der Waals surface area contributed by atoms with Gasteiger partial charge in [-0.3, -0.25) is 4.79 Å². The predicted molar refractivity (Wildman–Crippen MR) is 91.6 cm³/mol. The number of nitrogens with zero attached hydrogens (tertiary/aromatic N) is 3. The van der Waals surface area contributed by atoms with Crippen LogP contribution in [0.1, 0.15) is 12.8 Å². The normalized spacial score (nSPS) is 18.0. The molecule has 0 saturated carbocycles. The summed E-state index contributed by atoms with van der Waals surface area (Å²) in [4.78, 5) is 32.3. The molecule has 0 spiro atoms. The molecular weight excluding hydrogens is 312 g/mol. The van der Waals surface area contributed by atoms with Crippen molar-refractivity contribution in [3.05, 3.63) is 24.3 Å². The first-order valence-corrected chi connectivity index (χ1v) is 8.49. The van der Waals surface area contributed by atoms with Gasteiger partial charge in [-0.1, -0.05) is 23.5 Å². The fourth-order valence-corrected chi connectivity index (χ4v) is 3.65. The van der Waals surface area contributed by atoms with Crippen LogP contribution in [0.5, 0.6) is 0 Å². The monoisotopic (exact) mass is 332 g/mol. The average molecular weight is 332 g/mol. The maximum absolute atomic E-state index is 12.5. The first kappa shape index (κ1) is 15.7. The lowest BCUT2D eigenvalue weighted by Gasteiger charge is -2.33. The Bertz CT molecular complexity index is 695. The zero-order valence-electron chi connectivity index (χ0n) is 13.3. The number of urea groups is 1. The molecule has 1 saturated heterocycles. The number of nitrogens with one attached hydrogen (secondary N) is 1. The second-order valence-electron chi connectivity index (χ2n) is 5.94. The molecule has 122 valence electrons. The number of para-hydroxylation sites is 1. The number of thiazole rings is 1. The Hall–Kier alpha value is -2.15. The number of benzene rings is 1. The fourth-order valence-electron chi connectivity index (χ4n) is 2.78. The van der Waals surface area contributed by atoms with Gasteiger partial charge in [0, 0.05) is 27.2 Å². The van der Waals surface area contributed by atoms with Crippen molar-refractivity contribution in [2.75, 3.05) is 32.5 Å². The minimum atomic E-state index is -0.181. The number of rotatable bonds is 2. The van der Waals surface area contributed by atoms with Crippen molar-refractivity contribution in [2.24, 2.45) is 5.92 Å². The third-order valence-corrected chi connectivity index (χ3v) is 4.92. The lowest BCUT2D eigenvalue weighted by Crippen LogP contribution is -2.47. The highest BCUT2D eigenvalue weighted by Gasteiger charge is 2.29. The minimum Gasteiger partial charge on any atom is -0.331 e. The summed E-state index contributed by atoms with van der Waals surface area (Å²) < 4.78 is 1.05. The van der Waals surface area contributed by atoms with E-state index in [-0.39, 0.29) is 17.9 Å². The molecule has 1 atom stereocenters. The van der Waals surface area contributed by atoms with E-state index in [0.29, 0.717) is 18.2 Å². The summed E-state index contributed by atoms with van der Waals surface area (Å²) in [6.45, 7) is 1.18. The summed E-state index contributed by atoms with van der Waals surface area (Å²) in [5.41, 5.74) is 0.890. The quantitative estimate of drug-likeness (QED) is 0.919. The topological polar surface area (TPSA) is 65.5 Å². The van der Waals surface area contributed by atoms with Gasteiger partial charge >= 0.3 is 6.03 Å². The number of likely N-dealkylation sites (tertiary alicyclic amines) is 1. The summed E-state index contributed by atoms with van der Waals surface area (Å²) in [5, 5.41) is 3.52. The molecule has 2 aromatic rings. The Kier molecular flexibility index (Phi) is 4.47. The van der Waals surface area contributed by atoms with E-state index in [1.807, 2.05) is 24.3 Å². The lowest BCUT2D eigenvalue weighted by atomic mass is 9.97. The summed E-state index contributed by atoms with van der Waals surface area (Å²) in [7, 11) is 3.46. The molecular formula is C16H20N4O2S. The van der Waals surface area contributed by atoms with E-state index < -0.39 is 0 Å². The molecule has 23 heavy (non-hydrogen) atoms. The molecule has 1 N–H and O–H groups in total. The van der Waals surface area contributed by atoms with Crippen molar-refractivity contribution in [3.63, 3.8) is 0 Å². The highest BCUT2D eigenvalue weighted by molar-refractivity contribution is 7.22. The number of carbonyl (C=O) groups excluding carboxylic acids is 2. The van der Waals surface area contributed by atoms with Crippen LogP contribution in [-0.4, -0.2) is 53.9 Å². The van der Waals surface area contributed by atoms with Crippen LogP contribution >= 0.6 is 11.3 Å². The molecule has 1 aliphatic heterocycles. The first-order valence-electron chi connectivity index (χ1n) is 7.67. The molecule has 0 radical (unpaired) electrons. The molecule has 2 heterocycles. The molecule has 3 amide bonds. The van der Waals surface area contributed by atoms with E-state index in [1.165, 1.54) is 11.3 Å². The highest BCUT2D eigenvalue weighted by atomic mass is 32.1. The van der Waals surface area contributed by atoms with E-state index in [2.05, 4.69) is 10.3 Å². The van der Waals surface area contributed by atoms with Crippen molar-refractivity contribution in [3.8, 4) is 0 Å². The van der Waals surface area contributed by atoms with Gasteiger partial charge in [-0.25, -0.2) is 9.78 Å². The highest BCUT2D eigenvalue weighted by Crippen LogP contribution is 2.26. The lowest BCUT2D eigenvalue weighted by molar-refractivity contribution is -0.121. The number of hydrogen-bond donors (Lipinski definition) is 1. The van der Waals surface area contributed by atoms with E-state index in [9.17, 15) is 9.59 Å². The maximum Gasteiger partial charge on any atom is 0.319 e. The van der Waals surface area contributed by atoms with Crippen molar-refractivity contribution < 1.29 is 9.59 Å². The second kappa shape index (κ2) is 6.54. The van der Waals surface area contributed by atoms with Crippen LogP contribution in [0.4, 0.5) is 9.93 Å². The number of hydrogen-bond acceptors (Lipinski definition) is 4. The Morgan fingerprint density at radius 2 is 2.13 bits per heavy atom. The smallest absolute Gasteiger partial charge is 0.319 e. The molecule has 1 aromatic heterocycles. The van der Waals surface area contributed by atoms with E-state index in [4.69, 9.17) is 0 Å². The summed E-state index contributed by atoms with van der Waals surface area (Å²) in [6.07, 6.45) is 1.64. The minimum absolute atomic E-state index is 0.0394. The van der Waals surface area contributed by atoms with Gasteiger partial charge in [0.15, 0.2) is 5.13 Å². The Morgan fingerprint density at radius 1 is 1.35 bits per heavy atom. The molecule has 1 fully saturated rings. The molecule has 1 aromatic carbocycles. The van der Waals surface area contributed by atoms with Crippen LogP contribution in [0.3, 0.4) is 0 Å². The average Bonchev–Trinajstić information content (AvgIpc) is 2.96. The summed E-state index contributed by atoms with van der Waals surface area (Å²) >= 11 is 1.47. The largest absolute Gasteiger partial charge is 0.331 e. The van der Waals surface area contributed by atoms with Gasteiger partial charge in [-0.2, -0.15) is 0 Å². The van der Waals surface area contributed by atoms with Gasteiger partial charge in [0.1, 0.15) is 0 Å². The van der Waals surface area contributed by atoms with Gasteiger partial charge in [-0.05, 0) is 25.0 Å². The van der Waals surface area contributed by atoms with Crippen molar-refractivity contribution in [1.82, 2.24) is 14.8 Å². The SMILES string of the molecule is CN(C)C(=O)N1CCCC(C(=O)Nc2nc3ccccc3s2)C1. The summed E-state index contributed by atoms with van der Waals surface area (Å²) in [5.74, 6) is -0.236. The van der Waals surface area contributed by atoms with Crippen molar-refractivity contribution in [2.45, 2.75) is 12.8 Å². The van der Waals surface area contributed by atoms with Gasteiger partial charge in [0.25, 0.3) is 0 Å². The zero-order valence-corrected chi connectivity index (χ0v) is 14.1. The third kappa shape index (κ3) is 3.44.